The summed E-state index contributed by atoms with van der Waals surface area (Å²) in [6.07, 6.45) is 2.83. The molecule has 17 heavy (non-hydrogen) atoms. The molecule has 1 rings (SSSR count). The minimum atomic E-state index is -0.750. The van der Waals surface area contributed by atoms with Crippen molar-refractivity contribution >= 4 is 11.9 Å². The van der Waals surface area contributed by atoms with E-state index < -0.39 is 17.9 Å². The monoisotopic (exact) mass is 242 g/mol. The molecule has 0 amide bonds. The van der Waals surface area contributed by atoms with Crippen molar-refractivity contribution in [1.82, 2.24) is 0 Å². The molecule has 0 spiro atoms. The molecular weight excluding hydrogens is 220 g/mol. The second-order valence-corrected chi connectivity index (χ2v) is 5.05. The molecule has 0 heterocycles. The smallest absolute Gasteiger partial charge is 0.320 e. The van der Waals surface area contributed by atoms with Crippen LogP contribution in [0.3, 0.4) is 0 Å². The molecule has 4 heteroatoms. The zero-order valence-electron chi connectivity index (χ0n) is 11.1. The Morgan fingerprint density at radius 1 is 1.00 bits per heavy atom. The van der Waals surface area contributed by atoms with Gasteiger partial charge in [0.1, 0.15) is 0 Å². The Bertz CT molecular complexity index is 271. The molecule has 0 radical (unpaired) electrons. The fraction of sp³-hybridized carbons (Fsp3) is 0.846. The van der Waals surface area contributed by atoms with Gasteiger partial charge in [0.25, 0.3) is 0 Å². The van der Waals surface area contributed by atoms with Crippen LogP contribution in [0.2, 0.25) is 0 Å². The number of hydrogen-bond donors (Lipinski definition) is 0. The molecule has 1 fully saturated rings. The number of carbonyl (C=O) groups is 2. The van der Waals surface area contributed by atoms with E-state index in [1.807, 2.05) is 0 Å². The SMILES string of the molecule is COC(=O)C(C(=O)OC)C1CCC(C)C(C)C1. The van der Waals surface area contributed by atoms with Crippen molar-refractivity contribution in [3.05, 3.63) is 0 Å². The highest BCUT2D eigenvalue weighted by atomic mass is 16.5. The molecule has 1 aliphatic rings. The minimum absolute atomic E-state index is 0.0566. The topological polar surface area (TPSA) is 52.6 Å². The van der Waals surface area contributed by atoms with Crippen LogP contribution in [0.1, 0.15) is 33.1 Å². The summed E-state index contributed by atoms with van der Waals surface area (Å²) >= 11 is 0. The molecule has 98 valence electrons. The fourth-order valence-electron chi connectivity index (χ4n) is 2.63. The summed E-state index contributed by atoms with van der Waals surface area (Å²) in [6.45, 7) is 4.38. The van der Waals surface area contributed by atoms with Gasteiger partial charge in [-0.25, -0.2) is 0 Å². The van der Waals surface area contributed by atoms with Crippen LogP contribution >= 0.6 is 0 Å². The first-order valence-electron chi connectivity index (χ1n) is 6.16. The molecule has 1 aliphatic carbocycles. The van der Waals surface area contributed by atoms with Crippen LogP contribution in [0.4, 0.5) is 0 Å². The molecule has 0 bridgehead atoms. The molecule has 0 aromatic carbocycles. The lowest BCUT2D eigenvalue weighted by Crippen LogP contribution is -2.37. The van der Waals surface area contributed by atoms with E-state index >= 15 is 0 Å². The molecule has 4 nitrogen and oxygen atoms in total. The van der Waals surface area contributed by atoms with Crippen molar-refractivity contribution in [2.24, 2.45) is 23.7 Å². The zero-order valence-corrected chi connectivity index (χ0v) is 11.1. The molecule has 0 aromatic heterocycles. The van der Waals surface area contributed by atoms with E-state index in [1.54, 1.807) is 0 Å². The highest BCUT2D eigenvalue weighted by molar-refractivity contribution is 5.95. The molecule has 3 atom stereocenters. The van der Waals surface area contributed by atoms with Gasteiger partial charge in [-0.15, -0.1) is 0 Å². The zero-order chi connectivity index (χ0) is 13.0. The van der Waals surface area contributed by atoms with Crippen molar-refractivity contribution in [2.45, 2.75) is 33.1 Å². The molecule has 0 N–H and O–H groups in total. The molecule has 0 aliphatic heterocycles. The van der Waals surface area contributed by atoms with E-state index in [4.69, 9.17) is 9.47 Å². The Hall–Kier alpha value is -1.06. The predicted molar refractivity (Wildman–Crippen MR) is 63.2 cm³/mol. The summed E-state index contributed by atoms with van der Waals surface area (Å²) < 4.78 is 9.42. The number of rotatable bonds is 3. The van der Waals surface area contributed by atoms with Crippen molar-refractivity contribution < 1.29 is 19.1 Å². The van der Waals surface area contributed by atoms with E-state index in [0.29, 0.717) is 11.8 Å². The third kappa shape index (κ3) is 3.20. The molecule has 0 saturated heterocycles. The van der Waals surface area contributed by atoms with Crippen LogP contribution in [0.15, 0.2) is 0 Å². The van der Waals surface area contributed by atoms with Crippen molar-refractivity contribution in [2.75, 3.05) is 14.2 Å². The van der Waals surface area contributed by atoms with E-state index in [1.165, 1.54) is 14.2 Å². The maximum Gasteiger partial charge on any atom is 0.320 e. The largest absolute Gasteiger partial charge is 0.468 e. The Balaban J connectivity index is 2.77. The van der Waals surface area contributed by atoms with Crippen LogP contribution in [-0.4, -0.2) is 26.2 Å². The van der Waals surface area contributed by atoms with Crippen LogP contribution < -0.4 is 0 Å². The van der Waals surface area contributed by atoms with Crippen molar-refractivity contribution in [3.8, 4) is 0 Å². The van der Waals surface area contributed by atoms with Gasteiger partial charge in [-0.1, -0.05) is 20.3 Å². The highest BCUT2D eigenvalue weighted by Crippen LogP contribution is 2.37. The molecule has 3 unspecified atom stereocenters. The maximum atomic E-state index is 11.7. The first-order valence-corrected chi connectivity index (χ1v) is 6.16. The number of ether oxygens (including phenoxy) is 2. The quantitative estimate of drug-likeness (QED) is 0.561. The summed E-state index contributed by atoms with van der Waals surface area (Å²) in [5.74, 6) is -0.444. The highest BCUT2D eigenvalue weighted by Gasteiger charge is 2.39. The van der Waals surface area contributed by atoms with Gasteiger partial charge < -0.3 is 9.47 Å². The molecule has 1 saturated carbocycles. The van der Waals surface area contributed by atoms with Gasteiger partial charge >= 0.3 is 11.9 Å². The van der Waals surface area contributed by atoms with E-state index in [9.17, 15) is 9.59 Å². The van der Waals surface area contributed by atoms with E-state index in [0.717, 1.165) is 19.3 Å². The van der Waals surface area contributed by atoms with Gasteiger partial charge in [-0.3, -0.25) is 9.59 Å². The lowest BCUT2D eigenvalue weighted by Gasteiger charge is -2.34. The average Bonchev–Trinajstić information content (AvgIpc) is 2.33. The lowest BCUT2D eigenvalue weighted by atomic mass is 9.71. The summed E-state index contributed by atoms with van der Waals surface area (Å²) in [6, 6.07) is 0. The Labute approximate surface area is 103 Å². The molecular formula is C13H22O4. The van der Waals surface area contributed by atoms with Gasteiger partial charge in [0, 0.05) is 0 Å². The van der Waals surface area contributed by atoms with Crippen LogP contribution in [-0.2, 0) is 19.1 Å². The number of carbonyl (C=O) groups excluding carboxylic acids is 2. The standard InChI is InChI=1S/C13H22O4/c1-8-5-6-10(7-9(8)2)11(12(14)16-3)13(15)17-4/h8-11H,5-7H2,1-4H3. The minimum Gasteiger partial charge on any atom is -0.468 e. The summed E-state index contributed by atoms with van der Waals surface area (Å²) in [7, 11) is 2.63. The number of hydrogen-bond acceptors (Lipinski definition) is 4. The Morgan fingerprint density at radius 2 is 1.53 bits per heavy atom. The van der Waals surface area contributed by atoms with Gasteiger partial charge in [0.15, 0.2) is 5.92 Å². The number of methoxy groups -OCH3 is 2. The summed E-state index contributed by atoms with van der Waals surface area (Å²) in [5, 5.41) is 0. The number of esters is 2. The van der Waals surface area contributed by atoms with Crippen LogP contribution in [0.25, 0.3) is 0 Å². The van der Waals surface area contributed by atoms with Crippen LogP contribution in [0.5, 0.6) is 0 Å². The second kappa shape index (κ2) is 6.03. The lowest BCUT2D eigenvalue weighted by molar-refractivity contribution is -0.162. The summed E-state index contributed by atoms with van der Waals surface area (Å²) in [4.78, 5) is 23.4. The normalized spacial score (nSPS) is 28.9. The van der Waals surface area contributed by atoms with Gasteiger partial charge in [-0.2, -0.15) is 0 Å². The van der Waals surface area contributed by atoms with E-state index in [-0.39, 0.29) is 5.92 Å². The van der Waals surface area contributed by atoms with Gasteiger partial charge in [0.2, 0.25) is 0 Å². The average molecular weight is 242 g/mol. The predicted octanol–water partition coefficient (Wildman–Crippen LogP) is 2.02. The Kier molecular flexibility index (Phi) is 4.97. The second-order valence-electron chi connectivity index (χ2n) is 5.05. The third-order valence-electron chi connectivity index (χ3n) is 4.02. The van der Waals surface area contributed by atoms with Gasteiger partial charge in [-0.05, 0) is 30.6 Å². The fourth-order valence-corrected chi connectivity index (χ4v) is 2.63. The van der Waals surface area contributed by atoms with Crippen molar-refractivity contribution in [1.29, 1.82) is 0 Å². The Morgan fingerprint density at radius 3 is 1.94 bits per heavy atom. The summed E-state index contributed by atoms with van der Waals surface area (Å²) in [5.41, 5.74) is 0. The third-order valence-corrected chi connectivity index (χ3v) is 4.02. The maximum absolute atomic E-state index is 11.7. The molecule has 0 aromatic rings. The van der Waals surface area contributed by atoms with Crippen molar-refractivity contribution in [3.63, 3.8) is 0 Å². The van der Waals surface area contributed by atoms with Crippen LogP contribution in [0, 0.1) is 23.7 Å². The van der Waals surface area contributed by atoms with E-state index in [2.05, 4.69) is 13.8 Å². The first kappa shape index (κ1) is 14.0. The van der Waals surface area contributed by atoms with Gasteiger partial charge in [0.05, 0.1) is 14.2 Å². The first-order chi connectivity index (χ1) is 8.01.